The molecule has 4 heteroatoms. The van der Waals surface area contributed by atoms with Gasteiger partial charge < -0.3 is 9.47 Å². The Morgan fingerprint density at radius 1 is 1.40 bits per heavy atom. The lowest BCUT2D eigenvalue weighted by atomic mass is 10.1. The molecule has 0 atom stereocenters. The van der Waals surface area contributed by atoms with Gasteiger partial charge in [0.05, 0.1) is 13.2 Å². The van der Waals surface area contributed by atoms with E-state index in [0.717, 1.165) is 31.6 Å². The zero-order valence-electron chi connectivity index (χ0n) is 8.49. The lowest BCUT2D eigenvalue weighted by Crippen LogP contribution is -2.26. The number of pyridine rings is 1. The van der Waals surface area contributed by atoms with Crippen LogP contribution < -0.4 is 4.74 Å². The summed E-state index contributed by atoms with van der Waals surface area (Å²) in [7, 11) is 0. The van der Waals surface area contributed by atoms with Crippen molar-refractivity contribution in [3.63, 3.8) is 0 Å². The molecule has 0 aromatic carbocycles. The molecule has 1 aliphatic rings. The number of alkyl halides is 1. The van der Waals surface area contributed by atoms with Crippen LogP contribution in [0.25, 0.3) is 0 Å². The van der Waals surface area contributed by atoms with Crippen molar-refractivity contribution >= 4 is 11.6 Å². The maximum atomic E-state index is 5.72. The molecule has 0 radical (unpaired) electrons. The Labute approximate surface area is 94.4 Å². The molecule has 15 heavy (non-hydrogen) atoms. The third-order valence-electron chi connectivity index (χ3n) is 2.41. The number of ether oxygens (including phenoxy) is 2. The number of hydrogen-bond donors (Lipinski definition) is 0. The number of halogens is 1. The minimum Gasteiger partial charge on any atom is -0.474 e. The minimum absolute atomic E-state index is 0.244. The summed E-state index contributed by atoms with van der Waals surface area (Å²) >= 11 is 5.67. The van der Waals surface area contributed by atoms with Crippen molar-refractivity contribution in [3.05, 3.63) is 23.9 Å². The first kappa shape index (κ1) is 10.7. The van der Waals surface area contributed by atoms with E-state index in [1.807, 2.05) is 12.1 Å². The third kappa shape index (κ3) is 3.08. The molecule has 0 saturated carbocycles. The van der Waals surface area contributed by atoms with Crippen molar-refractivity contribution < 1.29 is 9.47 Å². The fourth-order valence-electron chi connectivity index (χ4n) is 1.52. The summed E-state index contributed by atoms with van der Waals surface area (Å²) in [5, 5.41) is 0. The van der Waals surface area contributed by atoms with E-state index in [2.05, 4.69) is 4.98 Å². The molecule has 2 rings (SSSR count). The molecule has 2 heterocycles. The third-order valence-corrected chi connectivity index (χ3v) is 2.72. The van der Waals surface area contributed by atoms with Crippen LogP contribution in [0.1, 0.15) is 18.4 Å². The van der Waals surface area contributed by atoms with Gasteiger partial charge in [0.1, 0.15) is 6.10 Å². The van der Waals surface area contributed by atoms with Crippen LogP contribution in [0, 0.1) is 0 Å². The molecule has 0 amide bonds. The van der Waals surface area contributed by atoms with Gasteiger partial charge in [-0.3, -0.25) is 0 Å². The molecule has 1 aliphatic heterocycles. The van der Waals surface area contributed by atoms with Gasteiger partial charge in [0, 0.05) is 31.0 Å². The Bertz CT molecular complexity index is 296. The van der Waals surface area contributed by atoms with E-state index in [-0.39, 0.29) is 6.10 Å². The van der Waals surface area contributed by atoms with Crippen LogP contribution in [0.3, 0.4) is 0 Å². The predicted molar refractivity (Wildman–Crippen MR) is 58.3 cm³/mol. The summed E-state index contributed by atoms with van der Waals surface area (Å²) in [6.45, 7) is 1.56. The van der Waals surface area contributed by atoms with Crippen molar-refractivity contribution in [1.29, 1.82) is 0 Å². The Morgan fingerprint density at radius 2 is 2.20 bits per heavy atom. The zero-order chi connectivity index (χ0) is 10.5. The Kier molecular flexibility index (Phi) is 3.80. The number of nitrogens with zero attached hydrogens (tertiary/aromatic N) is 1. The van der Waals surface area contributed by atoms with Crippen molar-refractivity contribution in [2.45, 2.75) is 24.8 Å². The van der Waals surface area contributed by atoms with Crippen molar-refractivity contribution in [3.8, 4) is 5.88 Å². The first-order chi connectivity index (χ1) is 7.38. The second-order valence-corrected chi connectivity index (χ2v) is 3.84. The summed E-state index contributed by atoms with van der Waals surface area (Å²) in [4.78, 5) is 4.20. The Morgan fingerprint density at radius 3 is 2.80 bits per heavy atom. The van der Waals surface area contributed by atoms with Gasteiger partial charge in [0.15, 0.2) is 0 Å². The van der Waals surface area contributed by atoms with Crippen molar-refractivity contribution in [2.24, 2.45) is 0 Å². The van der Waals surface area contributed by atoms with Gasteiger partial charge in [-0.1, -0.05) is 6.07 Å². The van der Waals surface area contributed by atoms with E-state index in [0.29, 0.717) is 11.8 Å². The fraction of sp³-hybridized carbons (Fsp3) is 0.545. The molecule has 0 bridgehead atoms. The van der Waals surface area contributed by atoms with Crippen molar-refractivity contribution in [1.82, 2.24) is 4.98 Å². The molecule has 0 aliphatic carbocycles. The average molecular weight is 228 g/mol. The molecule has 3 nitrogen and oxygen atoms in total. The Balaban J connectivity index is 1.91. The van der Waals surface area contributed by atoms with Crippen LogP contribution in [0.4, 0.5) is 0 Å². The van der Waals surface area contributed by atoms with Crippen molar-refractivity contribution in [2.75, 3.05) is 13.2 Å². The van der Waals surface area contributed by atoms with Gasteiger partial charge in [-0.05, 0) is 5.56 Å². The molecular weight excluding hydrogens is 214 g/mol. The number of rotatable bonds is 3. The zero-order valence-corrected chi connectivity index (χ0v) is 9.24. The van der Waals surface area contributed by atoms with Crippen LogP contribution in [0.15, 0.2) is 18.3 Å². The largest absolute Gasteiger partial charge is 0.474 e. The van der Waals surface area contributed by atoms with Gasteiger partial charge in [0.25, 0.3) is 0 Å². The first-order valence-corrected chi connectivity index (χ1v) is 5.67. The average Bonchev–Trinajstić information content (AvgIpc) is 2.31. The second kappa shape index (κ2) is 5.33. The van der Waals surface area contributed by atoms with Gasteiger partial charge >= 0.3 is 0 Å². The van der Waals surface area contributed by atoms with E-state index in [1.165, 1.54) is 0 Å². The molecule has 1 aromatic heterocycles. The molecule has 1 aromatic rings. The van der Waals surface area contributed by atoms with E-state index < -0.39 is 0 Å². The maximum absolute atomic E-state index is 5.72. The SMILES string of the molecule is ClCc1ccc(OC2CCOCC2)nc1. The van der Waals surface area contributed by atoms with Gasteiger partial charge in [-0.25, -0.2) is 4.98 Å². The Hall–Kier alpha value is -0.800. The molecule has 0 N–H and O–H groups in total. The maximum Gasteiger partial charge on any atom is 0.213 e. The standard InChI is InChI=1S/C11H14ClNO2/c12-7-9-1-2-11(13-8-9)15-10-3-5-14-6-4-10/h1-2,8,10H,3-7H2. The predicted octanol–water partition coefficient (Wildman–Crippen LogP) is 2.38. The molecule has 1 fully saturated rings. The molecule has 0 spiro atoms. The monoisotopic (exact) mass is 227 g/mol. The second-order valence-electron chi connectivity index (χ2n) is 3.57. The summed E-state index contributed by atoms with van der Waals surface area (Å²) in [5.74, 6) is 1.17. The lowest BCUT2D eigenvalue weighted by Gasteiger charge is -2.22. The smallest absolute Gasteiger partial charge is 0.213 e. The summed E-state index contributed by atoms with van der Waals surface area (Å²) < 4.78 is 11.0. The topological polar surface area (TPSA) is 31.4 Å². The normalized spacial score (nSPS) is 17.7. The van der Waals surface area contributed by atoms with E-state index in [9.17, 15) is 0 Å². The molecule has 0 unspecified atom stereocenters. The van der Waals surface area contributed by atoms with Gasteiger partial charge in [-0.15, -0.1) is 11.6 Å². The van der Waals surface area contributed by atoms with Crippen LogP contribution in [-0.2, 0) is 10.6 Å². The van der Waals surface area contributed by atoms with Crippen LogP contribution >= 0.6 is 11.6 Å². The van der Waals surface area contributed by atoms with Crippen LogP contribution in [-0.4, -0.2) is 24.3 Å². The highest BCUT2D eigenvalue weighted by molar-refractivity contribution is 6.17. The van der Waals surface area contributed by atoms with Gasteiger partial charge in [0.2, 0.25) is 5.88 Å². The minimum atomic E-state index is 0.244. The highest BCUT2D eigenvalue weighted by atomic mass is 35.5. The molecule has 82 valence electrons. The fourth-order valence-corrected chi connectivity index (χ4v) is 1.68. The number of hydrogen-bond acceptors (Lipinski definition) is 3. The number of aromatic nitrogens is 1. The molecule has 1 saturated heterocycles. The van der Waals surface area contributed by atoms with E-state index in [4.69, 9.17) is 21.1 Å². The first-order valence-electron chi connectivity index (χ1n) is 5.14. The summed E-state index contributed by atoms with van der Waals surface area (Å²) in [6, 6.07) is 3.81. The van der Waals surface area contributed by atoms with Crippen LogP contribution in [0.2, 0.25) is 0 Å². The van der Waals surface area contributed by atoms with Gasteiger partial charge in [-0.2, -0.15) is 0 Å². The molecular formula is C11H14ClNO2. The summed E-state index contributed by atoms with van der Waals surface area (Å²) in [6.07, 6.45) is 3.88. The highest BCUT2D eigenvalue weighted by Gasteiger charge is 2.15. The highest BCUT2D eigenvalue weighted by Crippen LogP contribution is 2.16. The quantitative estimate of drug-likeness (QED) is 0.743. The lowest BCUT2D eigenvalue weighted by molar-refractivity contribution is 0.0237. The summed E-state index contributed by atoms with van der Waals surface area (Å²) in [5.41, 5.74) is 1.01. The van der Waals surface area contributed by atoms with E-state index >= 15 is 0 Å². The van der Waals surface area contributed by atoms with E-state index in [1.54, 1.807) is 6.20 Å². The van der Waals surface area contributed by atoms with Crippen LogP contribution in [0.5, 0.6) is 5.88 Å².